The fraction of sp³-hybridized carbons (Fsp3) is 0.167. The Bertz CT molecular complexity index is 950. The maximum absolute atomic E-state index is 13.6. The lowest BCUT2D eigenvalue weighted by Gasteiger charge is -2.14. The van der Waals surface area contributed by atoms with E-state index in [1.54, 1.807) is 35.2 Å². The summed E-state index contributed by atoms with van der Waals surface area (Å²) in [4.78, 5) is 20.3. The first-order valence-electron chi connectivity index (χ1n) is 7.56. The van der Waals surface area contributed by atoms with E-state index in [4.69, 9.17) is 5.73 Å². The van der Waals surface area contributed by atoms with Crippen LogP contribution in [0.4, 0.5) is 10.3 Å². The number of anilines is 1. The highest BCUT2D eigenvalue weighted by molar-refractivity contribution is 5.80. The predicted octanol–water partition coefficient (Wildman–Crippen LogP) is 3.27. The maximum Gasteiger partial charge on any atom is 0.250 e. The first-order chi connectivity index (χ1) is 11.5. The van der Waals surface area contributed by atoms with E-state index < -0.39 is 0 Å². The van der Waals surface area contributed by atoms with Crippen molar-refractivity contribution in [1.29, 1.82) is 0 Å². The third kappa shape index (κ3) is 3.03. The number of rotatable bonds is 3. The monoisotopic (exact) mass is 324 g/mol. The first-order valence-corrected chi connectivity index (χ1v) is 7.56. The van der Waals surface area contributed by atoms with Gasteiger partial charge in [0.2, 0.25) is 5.95 Å². The average molecular weight is 324 g/mol. The molecule has 0 amide bonds. The van der Waals surface area contributed by atoms with E-state index in [9.17, 15) is 9.18 Å². The van der Waals surface area contributed by atoms with Crippen molar-refractivity contribution in [2.75, 3.05) is 5.73 Å². The molecule has 2 aromatic heterocycles. The molecule has 0 aliphatic heterocycles. The second-order valence-electron chi connectivity index (χ2n) is 5.76. The molecule has 6 heteroatoms. The molecule has 2 N–H and O–H groups in total. The molecule has 0 unspecified atom stereocenters. The van der Waals surface area contributed by atoms with Gasteiger partial charge in [-0.3, -0.25) is 4.79 Å². The molecule has 1 aromatic carbocycles. The predicted molar refractivity (Wildman–Crippen MR) is 91.9 cm³/mol. The van der Waals surface area contributed by atoms with Gasteiger partial charge in [-0.25, -0.2) is 14.4 Å². The summed E-state index contributed by atoms with van der Waals surface area (Å²) >= 11 is 0. The van der Waals surface area contributed by atoms with Crippen LogP contribution < -0.4 is 11.3 Å². The SMILES string of the molecule is CC(C)n1cc(-c2cnc(N)nc2-c2cccc(F)c2)ccc1=O. The smallest absolute Gasteiger partial charge is 0.250 e. The fourth-order valence-corrected chi connectivity index (χ4v) is 2.53. The zero-order valence-corrected chi connectivity index (χ0v) is 13.4. The Balaban J connectivity index is 2.23. The second-order valence-corrected chi connectivity index (χ2v) is 5.76. The molecule has 0 fully saturated rings. The van der Waals surface area contributed by atoms with Crippen LogP contribution in [-0.4, -0.2) is 14.5 Å². The van der Waals surface area contributed by atoms with Gasteiger partial charge < -0.3 is 10.3 Å². The minimum absolute atomic E-state index is 0.0183. The lowest BCUT2D eigenvalue weighted by atomic mass is 10.0. The van der Waals surface area contributed by atoms with Crippen LogP contribution in [0.5, 0.6) is 0 Å². The van der Waals surface area contributed by atoms with E-state index in [-0.39, 0.29) is 23.4 Å². The van der Waals surface area contributed by atoms with E-state index in [0.29, 0.717) is 16.8 Å². The standard InChI is InChI=1S/C18H17FN4O/c1-11(2)23-10-13(6-7-16(23)24)15-9-21-18(20)22-17(15)12-4-3-5-14(19)8-12/h3-11H,1-2H3,(H2,20,21,22). The highest BCUT2D eigenvalue weighted by Gasteiger charge is 2.13. The Morgan fingerprint density at radius 2 is 1.96 bits per heavy atom. The van der Waals surface area contributed by atoms with Crippen molar-refractivity contribution in [3.8, 4) is 22.4 Å². The van der Waals surface area contributed by atoms with Gasteiger partial charge in [0.1, 0.15) is 5.82 Å². The average Bonchev–Trinajstić information content (AvgIpc) is 2.55. The van der Waals surface area contributed by atoms with E-state index in [2.05, 4.69) is 9.97 Å². The van der Waals surface area contributed by atoms with Gasteiger partial charge in [0, 0.05) is 41.2 Å². The van der Waals surface area contributed by atoms with Gasteiger partial charge in [-0.2, -0.15) is 0 Å². The fourth-order valence-electron chi connectivity index (χ4n) is 2.53. The van der Waals surface area contributed by atoms with Crippen molar-refractivity contribution in [2.24, 2.45) is 0 Å². The summed E-state index contributed by atoms with van der Waals surface area (Å²) in [5.41, 5.74) is 8.20. The van der Waals surface area contributed by atoms with E-state index in [1.165, 1.54) is 18.2 Å². The van der Waals surface area contributed by atoms with Crippen molar-refractivity contribution >= 4 is 5.95 Å². The highest BCUT2D eigenvalue weighted by Crippen LogP contribution is 2.30. The van der Waals surface area contributed by atoms with E-state index >= 15 is 0 Å². The Morgan fingerprint density at radius 3 is 2.67 bits per heavy atom. The van der Waals surface area contributed by atoms with Crippen LogP contribution >= 0.6 is 0 Å². The number of nitrogens with zero attached hydrogens (tertiary/aromatic N) is 3. The topological polar surface area (TPSA) is 73.8 Å². The van der Waals surface area contributed by atoms with Crippen LogP contribution in [-0.2, 0) is 0 Å². The van der Waals surface area contributed by atoms with Crippen LogP contribution in [0, 0.1) is 5.82 Å². The second kappa shape index (κ2) is 6.23. The summed E-state index contributed by atoms with van der Waals surface area (Å²) in [5.74, 6) is -0.252. The molecule has 0 atom stereocenters. The Hall–Kier alpha value is -3.02. The van der Waals surface area contributed by atoms with Gasteiger partial charge in [-0.15, -0.1) is 0 Å². The zero-order valence-electron chi connectivity index (χ0n) is 13.4. The molecule has 122 valence electrons. The molecule has 0 spiro atoms. The van der Waals surface area contributed by atoms with Gasteiger partial charge in [0.25, 0.3) is 5.56 Å². The largest absolute Gasteiger partial charge is 0.368 e. The summed E-state index contributed by atoms with van der Waals surface area (Å²) in [6.07, 6.45) is 3.34. The number of hydrogen-bond acceptors (Lipinski definition) is 4. The molecule has 0 radical (unpaired) electrons. The molecule has 24 heavy (non-hydrogen) atoms. The van der Waals surface area contributed by atoms with Crippen LogP contribution in [0.3, 0.4) is 0 Å². The van der Waals surface area contributed by atoms with Crippen LogP contribution in [0.2, 0.25) is 0 Å². The molecule has 0 saturated heterocycles. The normalized spacial score (nSPS) is 11.0. The quantitative estimate of drug-likeness (QED) is 0.802. The molecule has 0 saturated carbocycles. The summed E-state index contributed by atoms with van der Waals surface area (Å²) < 4.78 is 15.2. The van der Waals surface area contributed by atoms with Crippen molar-refractivity contribution in [3.63, 3.8) is 0 Å². The molecule has 0 bridgehead atoms. The van der Waals surface area contributed by atoms with Gasteiger partial charge in [-0.05, 0) is 32.0 Å². The lowest BCUT2D eigenvalue weighted by molar-refractivity contribution is 0.579. The van der Waals surface area contributed by atoms with Crippen molar-refractivity contribution in [1.82, 2.24) is 14.5 Å². The number of pyridine rings is 1. The van der Waals surface area contributed by atoms with Gasteiger partial charge in [0.05, 0.1) is 5.69 Å². The molecule has 0 aliphatic carbocycles. The third-order valence-electron chi connectivity index (χ3n) is 3.71. The number of benzene rings is 1. The van der Waals surface area contributed by atoms with E-state index in [0.717, 1.165) is 5.56 Å². The molecular formula is C18H17FN4O. The minimum Gasteiger partial charge on any atom is -0.368 e. The van der Waals surface area contributed by atoms with Gasteiger partial charge in [0.15, 0.2) is 0 Å². The molecule has 3 rings (SSSR count). The molecule has 2 heterocycles. The van der Waals surface area contributed by atoms with Crippen molar-refractivity contribution in [3.05, 3.63) is 65.0 Å². The van der Waals surface area contributed by atoms with E-state index in [1.807, 2.05) is 13.8 Å². The van der Waals surface area contributed by atoms with Crippen LogP contribution in [0.25, 0.3) is 22.4 Å². The minimum atomic E-state index is -0.359. The summed E-state index contributed by atoms with van der Waals surface area (Å²) in [6.45, 7) is 3.86. The number of nitrogen functional groups attached to an aromatic ring is 1. The summed E-state index contributed by atoms with van der Waals surface area (Å²) in [6, 6.07) is 9.36. The number of nitrogens with two attached hydrogens (primary N) is 1. The van der Waals surface area contributed by atoms with Crippen molar-refractivity contribution < 1.29 is 4.39 Å². The number of hydrogen-bond donors (Lipinski definition) is 1. The van der Waals surface area contributed by atoms with Crippen LogP contribution in [0.15, 0.2) is 53.6 Å². The summed E-state index contributed by atoms with van der Waals surface area (Å²) in [7, 11) is 0. The van der Waals surface area contributed by atoms with Gasteiger partial charge in [-0.1, -0.05) is 12.1 Å². The first kappa shape index (κ1) is 15.9. The molecule has 5 nitrogen and oxygen atoms in total. The number of aromatic nitrogens is 3. The van der Waals surface area contributed by atoms with Crippen LogP contribution in [0.1, 0.15) is 19.9 Å². The third-order valence-corrected chi connectivity index (χ3v) is 3.71. The zero-order chi connectivity index (χ0) is 17.3. The Labute approximate surface area is 138 Å². The van der Waals surface area contributed by atoms with Gasteiger partial charge >= 0.3 is 0 Å². The molecule has 3 aromatic rings. The Morgan fingerprint density at radius 1 is 1.17 bits per heavy atom. The number of halogens is 1. The highest BCUT2D eigenvalue weighted by atomic mass is 19.1. The maximum atomic E-state index is 13.6. The summed E-state index contributed by atoms with van der Waals surface area (Å²) in [5, 5.41) is 0. The Kier molecular flexibility index (Phi) is 4.12. The lowest BCUT2D eigenvalue weighted by Crippen LogP contribution is -2.20. The van der Waals surface area contributed by atoms with Crippen molar-refractivity contribution in [2.45, 2.75) is 19.9 Å². The molecular weight excluding hydrogens is 307 g/mol. The molecule has 0 aliphatic rings.